The smallest absolute Gasteiger partial charge is 0.273 e. The molecule has 2 aromatic carbocycles. The van der Waals surface area contributed by atoms with Crippen molar-refractivity contribution >= 4 is 21.4 Å². The van der Waals surface area contributed by atoms with Crippen molar-refractivity contribution in [2.45, 2.75) is 18.0 Å². The molecule has 9 heteroatoms. The lowest BCUT2D eigenvalue weighted by molar-refractivity contribution is 0.298. The van der Waals surface area contributed by atoms with Crippen molar-refractivity contribution < 1.29 is 21.9 Å². The minimum absolute atomic E-state index is 0.0732. The number of hydrogen-bond acceptors (Lipinski definition) is 4. The minimum Gasteiger partial charge on any atom is -0.487 e. The Hall–Kier alpha value is -2.71. The monoisotopic (exact) mass is 439 g/mol. The molecule has 0 aliphatic carbocycles. The molecule has 0 unspecified atom stereocenters. The summed E-state index contributed by atoms with van der Waals surface area (Å²) in [4.78, 5) is 12.7. The van der Waals surface area contributed by atoms with E-state index in [1.54, 1.807) is 12.1 Å². The van der Waals surface area contributed by atoms with Crippen LogP contribution in [0.1, 0.15) is 11.1 Å². The maximum Gasteiger partial charge on any atom is 0.273 e. The highest BCUT2D eigenvalue weighted by atomic mass is 35.5. The maximum atomic E-state index is 13.7. The van der Waals surface area contributed by atoms with Gasteiger partial charge in [0.2, 0.25) is 0 Å². The van der Waals surface area contributed by atoms with Crippen molar-refractivity contribution in [2.75, 3.05) is 6.26 Å². The SMILES string of the molecule is CS(=O)(=O)c1ccc(Cn2ccc(OCc3ccc(F)cc3F)c(Cl)c2=O)cc1. The fourth-order valence-electron chi connectivity index (χ4n) is 2.60. The third-order valence-electron chi connectivity index (χ3n) is 4.17. The molecule has 0 N–H and O–H groups in total. The second kappa shape index (κ2) is 8.34. The number of sulfone groups is 1. The van der Waals surface area contributed by atoms with Crippen molar-refractivity contribution in [1.29, 1.82) is 0 Å². The lowest BCUT2D eigenvalue weighted by atomic mass is 10.2. The molecule has 0 saturated carbocycles. The number of aromatic nitrogens is 1. The van der Waals surface area contributed by atoms with E-state index in [0.29, 0.717) is 5.56 Å². The first-order chi connectivity index (χ1) is 13.6. The Balaban J connectivity index is 1.76. The Morgan fingerprint density at radius 2 is 1.76 bits per heavy atom. The van der Waals surface area contributed by atoms with Gasteiger partial charge >= 0.3 is 0 Å². The van der Waals surface area contributed by atoms with Gasteiger partial charge in [-0.05, 0) is 35.9 Å². The number of benzene rings is 2. The van der Waals surface area contributed by atoms with Gasteiger partial charge in [-0.1, -0.05) is 23.7 Å². The summed E-state index contributed by atoms with van der Waals surface area (Å²) in [5.74, 6) is -1.38. The van der Waals surface area contributed by atoms with E-state index in [1.807, 2.05) is 0 Å². The molecule has 0 saturated heterocycles. The normalized spacial score (nSPS) is 11.4. The van der Waals surface area contributed by atoms with Crippen LogP contribution in [0.15, 0.2) is 64.4 Å². The molecular weight excluding hydrogens is 424 g/mol. The number of hydrogen-bond donors (Lipinski definition) is 0. The van der Waals surface area contributed by atoms with Crippen LogP contribution in [-0.2, 0) is 23.0 Å². The molecule has 1 aromatic heterocycles. The minimum atomic E-state index is -3.30. The Bertz CT molecular complexity index is 1210. The first kappa shape index (κ1) is 21.0. The van der Waals surface area contributed by atoms with Crippen LogP contribution in [0.25, 0.3) is 0 Å². The van der Waals surface area contributed by atoms with Gasteiger partial charge in [0.05, 0.1) is 11.4 Å². The fourth-order valence-corrected chi connectivity index (χ4v) is 3.46. The van der Waals surface area contributed by atoms with Crippen molar-refractivity contribution in [3.8, 4) is 5.75 Å². The molecule has 0 bridgehead atoms. The largest absolute Gasteiger partial charge is 0.487 e. The molecule has 0 aliphatic rings. The van der Waals surface area contributed by atoms with Crippen LogP contribution in [0.5, 0.6) is 5.75 Å². The van der Waals surface area contributed by atoms with Gasteiger partial charge in [0.25, 0.3) is 5.56 Å². The summed E-state index contributed by atoms with van der Waals surface area (Å²) in [5, 5.41) is -0.178. The van der Waals surface area contributed by atoms with Crippen LogP contribution >= 0.6 is 11.6 Å². The third kappa shape index (κ3) is 5.02. The molecule has 0 aliphatic heterocycles. The molecule has 0 atom stereocenters. The fraction of sp³-hybridized carbons (Fsp3) is 0.150. The number of nitrogens with zero attached hydrogens (tertiary/aromatic N) is 1. The number of pyridine rings is 1. The van der Waals surface area contributed by atoms with Gasteiger partial charge in [-0.15, -0.1) is 0 Å². The van der Waals surface area contributed by atoms with E-state index in [1.165, 1.54) is 35.0 Å². The van der Waals surface area contributed by atoms with E-state index < -0.39 is 27.0 Å². The zero-order valence-corrected chi connectivity index (χ0v) is 16.8. The van der Waals surface area contributed by atoms with E-state index >= 15 is 0 Å². The van der Waals surface area contributed by atoms with E-state index in [2.05, 4.69) is 0 Å². The molecule has 0 amide bonds. The topological polar surface area (TPSA) is 65.4 Å². The van der Waals surface area contributed by atoms with Crippen molar-refractivity contribution in [3.05, 3.63) is 92.9 Å². The van der Waals surface area contributed by atoms with E-state index in [9.17, 15) is 22.0 Å². The van der Waals surface area contributed by atoms with Gasteiger partial charge in [0, 0.05) is 24.1 Å². The molecule has 0 spiro atoms. The molecule has 3 aromatic rings. The van der Waals surface area contributed by atoms with Gasteiger partial charge in [0.1, 0.15) is 29.0 Å². The van der Waals surface area contributed by atoms with Gasteiger partial charge in [-0.2, -0.15) is 0 Å². The quantitative estimate of drug-likeness (QED) is 0.586. The van der Waals surface area contributed by atoms with Gasteiger partial charge in [-0.3, -0.25) is 4.79 Å². The number of ether oxygens (including phenoxy) is 1. The Kier molecular flexibility index (Phi) is 6.04. The van der Waals surface area contributed by atoms with E-state index in [-0.39, 0.29) is 34.4 Å². The summed E-state index contributed by atoms with van der Waals surface area (Å²) in [6, 6.07) is 10.7. The molecule has 29 heavy (non-hydrogen) atoms. The van der Waals surface area contributed by atoms with Crippen molar-refractivity contribution in [1.82, 2.24) is 4.57 Å². The van der Waals surface area contributed by atoms with Gasteiger partial charge in [0.15, 0.2) is 9.84 Å². The zero-order chi connectivity index (χ0) is 21.2. The highest BCUT2D eigenvalue weighted by Crippen LogP contribution is 2.22. The summed E-state index contributed by atoms with van der Waals surface area (Å²) in [6.45, 7) is -0.0439. The third-order valence-corrected chi connectivity index (χ3v) is 5.65. The molecule has 1 heterocycles. The predicted octanol–water partition coefficient (Wildman–Crippen LogP) is 3.81. The molecule has 0 radical (unpaired) electrons. The predicted molar refractivity (Wildman–Crippen MR) is 105 cm³/mol. The number of halogens is 3. The molecule has 5 nitrogen and oxygen atoms in total. The van der Waals surface area contributed by atoms with Crippen LogP contribution in [-0.4, -0.2) is 19.2 Å². The molecule has 152 valence electrons. The molecule has 3 rings (SSSR count). The average Bonchev–Trinajstić information content (AvgIpc) is 2.66. The Labute approximate surface area is 171 Å². The summed E-state index contributed by atoms with van der Waals surface area (Å²) in [5.41, 5.74) is 0.311. The summed E-state index contributed by atoms with van der Waals surface area (Å²) in [6.07, 6.45) is 2.58. The maximum absolute atomic E-state index is 13.7. The first-order valence-corrected chi connectivity index (χ1v) is 10.7. The molecular formula is C20H16ClF2NO4S. The lowest BCUT2D eigenvalue weighted by Gasteiger charge is -2.12. The average molecular weight is 440 g/mol. The number of rotatable bonds is 6. The second-order valence-corrected chi connectivity index (χ2v) is 8.76. The Morgan fingerprint density at radius 3 is 2.38 bits per heavy atom. The van der Waals surface area contributed by atoms with E-state index in [4.69, 9.17) is 16.3 Å². The second-order valence-electron chi connectivity index (χ2n) is 6.37. The highest BCUT2D eigenvalue weighted by molar-refractivity contribution is 7.90. The van der Waals surface area contributed by atoms with Crippen LogP contribution in [0.4, 0.5) is 8.78 Å². The van der Waals surface area contributed by atoms with Gasteiger partial charge < -0.3 is 9.30 Å². The van der Waals surface area contributed by atoms with E-state index in [0.717, 1.165) is 18.4 Å². The van der Waals surface area contributed by atoms with Crippen molar-refractivity contribution in [3.63, 3.8) is 0 Å². The van der Waals surface area contributed by atoms with Crippen LogP contribution in [0.2, 0.25) is 5.02 Å². The summed E-state index contributed by atoms with van der Waals surface area (Å²) < 4.78 is 56.4. The standard InChI is InChI=1S/C20H16ClF2NO4S/c1-29(26,27)16-6-2-13(3-7-16)11-24-9-8-18(19(21)20(24)25)28-12-14-4-5-15(22)10-17(14)23/h2-10H,11-12H2,1H3. The Morgan fingerprint density at radius 1 is 1.07 bits per heavy atom. The molecule has 0 fully saturated rings. The summed E-state index contributed by atoms with van der Waals surface area (Å²) in [7, 11) is -3.30. The zero-order valence-electron chi connectivity index (χ0n) is 15.2. The first-order valence-electron chi connectivity index (χ1n) is 8.40. The van der Waals surface area contributed by atoms with Crippen LogP contribution in [0, 0.1) is 11.6 Å². The van der Waals surface area contributed by atoms with Crippen LogP contribution < -0.4 is 10.3 Å². The summed E-state index contributed by atoms with van der Waals surface area (Å²) >= 11 is 6.09. The van der Waals surface area contributed by atoms with Crippen LogP contribution in [0.3, 0.4) is 0 Å². The highest BCUT2D eigenvalue weighted by Gasteiger charge is 2.12. The van der Waals surface area contributed by atoms with Gasteiger partial charge in [-0.25, -0.2) is 17.2 Å². The lowest BCUT2D eigenvalue weighted by Crippen LogP contribution is -2.21. The van der Waals surface area contributed by atoms with Crippen molar-refractivity contribution in [2.24, 2.45) is 0 Å².